The standard InChI is InChI=1S/C31H35N3O.Co/c1-6-34-27-18-17-25(30(2,3)4)21-26(27)31(5,22-23-13-9-7-10-14-23)28(34)19-20-32-33-29(35)24-15-11-8-12-16-24;/h7-21H,6,22H2,1-5H3,(H,33,35);/b28-19-,32-20+;. The van der Waals surface area contributed by atoms with Crippen LogP contribution in [-0.4, -0.2) is 23.8 Å². The van der Waals surface area contributed by atoms with Crippen LogP contribution in [0.1, 0.15) is 56.9 Å². The summed E-state index contributed by atoms with van der Waals surface area (Å²) in [5.41, 5.74) is 6.87. The van der Waals surface area contributed by atoms with Crippen molar-refractivity contribution in [1.29, 1.82) is 0 Å². The van der Waals surface area contributed by atoms with Crippen LogP contribution in [-0.2, 0) is 34.0 Å². The van der Waals surface area contributed by atoms with E-state index in [1.807, 2.05) is 36.4 Å². The van der Waals surface area contributed by atoms with Gasteiger partial charge in [-0.3, -0.25) is 0 Å². The van der Waals surface area contributed by atoms with E-state index in [2.05, 4.69) is 98.3 Å². The number of benzene rings is 3. The predicted octanol–water partition coefficient (Wildman–Crippen LogP) is 7.20. The fourth-order valence-corrected chi connectivity index (χ4v) is 4.89. The van der Waals surface area contributed by atoms with Crippen molar-refractivity contribution < 1.29 is 21.9 Å². The van der Waals surface area contributed by atoms with Gasteiger partial charge in [0.05, 0.1) is 6.21 Å². The minimum Gasteiger partial charge on any atom is -0.492 e. The van der Waals surface area contributed by atoms with Crippen LogP contribution in [0.3, 0.4) is 0 Å². The van der Waals surface area contributed by atoms with E-state index in [0.717, 1.165) is 13.0 Å². The Kier molecular flexibility index (Phi) is 8.59. The van der Waals surface area contributed by atoms with Crippen LogP contribution < -0.4 is 4.90 Å². The molecule has 1 aliphatic rings. The average Bonchev–Trinajstić information content (AvgIpc) is 3.08. The molecule has 0 saturated heterocycles. The van der Waals surface area contributed by atoms with Crippen LogP contribution in [0.4, 0.5) is 5.69 Å². The van der Waals surface area contributed by atoms with Gasteiger partial charge in [-0.1, -0.05) is 81.4 Å². The van der Waals surface area contributed by atoms with E-state index in [0.29, 0.717) is 5.56 Å². The van der Waals surface area contributed by atoms with Crippen molar-refractivity contribution in [3.05, 3.63) is 113 Å². The van der Waals surface area contributed by atoms with Gasteiger partial charge in [0.1, 0.15) is 0 Å². The normalized spacial score (nSPS) is 19.0. The van der Waals surface area contributed by atoms with E-state index in [1.165, 1.54) is 28.1 Å². The van der Waals surface area contributed by atoms with Gasteiger partial charge in [-0.05, 0) is 66.6 Å². The molecule has 5 heteroatoms. The van der Waals surface area contributed by atoms with Gasteiger partial charge in [0.15, 0.2) is 0 Å². The van der Waals surface area contributed by atoms with E-state index in [4.69, 9.17) is 0 Å². The maximum atomic E-state index is 10.3. The smallest absolute Gasteiger partial charge is 0.238 e. The minimum absolute atomic E-state index is 0. The van der Waals surface area contributed by atoms with Gasteiger partial charge in [0.2, 0.25) is 5.90 Å². The van der Waals surface area contributed by atoms with Crippen molar-refractivity contribution in [2.24, 2.45) is 10.2 Å². The summed E-state index contributed by atoms with van der Waals surface area (Å²) in [5.74, 6) is -0.0934. The molecule has 3 aromatic carbocycles. The number of nitrogens with zero attached hydrogens (tertiary/aromatic N) is 3. The Morgan fingerprint density at radius 2 is 1.61 bits per heavy atom. The van der Waals surface area contributed by atoms with E-state index in [1.54, 1.807) is 6.21 Å². The Bertz CT molecular complexity index is 1260. The van der Waals surface area contributed by atoms with Gasteiger partial charge in [0.25, 0.3) is 0 Å². The van der Waals surface area contributed by atoms with Crippen molar-refractivity contribution in [3.63, 3.8) is 0 Å². The fraction of sp³-hybridized carbons (Fsp3) is 0.290. The molecule has 0 aliphatic carbocycles. The Labute approximate surface area is 225 Å². The maximum Gasteiger partial charge on any atom is 0.238 e. The molecule has 36 heavy (non-hydrogen) atoms. The summed E-state index contributed by atoms with van der Waals surface area (Å²) in [5, 5.41) is 18.5. The molecule has 1 radical (unpaired) electrons. The van der Waals surface area contributed by atoms with Crippen LogP contribution in [0.15, 0.2) is 101 Å². The fourth-order valence-electron chi connectivity index (χ4n) is 4.89. The number of fused-ring (bicyclic) bond motifs is 1. The molecule has 189 valence electrons. The number of allylic oxidation sites excluding steroid dienone is 2. The summed E-state index contributed by atoms with van der Waals surface area (Å²) in [6.07, 6.45) is 4.62. The molecule has 1 unspecified atom stereocenters. The minimum atomic E-state index is -0.231. The van der Waals surface area contributed by atoms with Crippen molar-refractivity contribution in [2.75, 3.05) is 11.4 Å². The van der Waals surface area contributed by atoms with E-state index in [9.17, 15) is 5.11 Å². The van der Waals surface area contributed by atoms with Gasteiger partial charge < -0.3 is 10.0 Å². The summed E-state index contributed by atoms with van der Waals surface area (Å²) in [7, 11) is 0. The first kappa shape index (κ1) is 27.4. The monoisotopic (exact) mass is 524 g/mol. The second-order valence-electron chi connectivity index (χ2n) is 10.3. The van der Waals surface area contributed by atoms with Crippen LogP contribution in [0, 0.1) is 0 Å². The molecular weight excluding hydrogens is 489 g/mol. The number of hydrogen-bond donors (Lipinski definition) is 1. The number of hydrogen-bond acceptors (Lipinski definition) is 3. The third-order valence-corrected chi connectivity index (χ3v) is 6.80. The zero-order valence-corrected chi connectivity index (χ0v) is 22.7. The van der Waals surface area contributed by atoms with Gasteiger partial charge in [0, 0.05) is 45.7 Å². The number of anilines is 1. The summed E-state index contributed by atoms with van der Waals surface area (Å²) in [6.45, 7) is 12.1. The predicted molar refractivity (Wildman–Crippen MR) is 148 cm³/mol. The van der Waals surface area contributed by atoms with Crippen molar-refractivity contribution in [3.8, 4) is 0 Å². The summed E-state index contributed by atoms with van der Waals surface area (Å²) < 4.78 is 0. The molecule has 0 fully saturated rings. The third-order valence-electron chi connectivity index (χ3n) is 6.80. The summed E-state index contributed by atoms with van der Waals surface area (Å²) in [4.78, 5) is 2.37. The first-order valence-corrected chi connectivity index (χ1v) is 12.3. The molecular formula is C31H35CoN3O. The number of aliphatic hydroxyl groups is 1. The quantitative estimate of drug-likeness (QED) is 0.211. The molecule has 0 saturated carbocycles. The van der Waals surface area contributed by atoms with Crippen molar-refractivity contribution in [1.82, 2.24) is 0 Å². The Morgan fingerprint density at radius 3 is 2.22 bits per heavy atom. The molecule has 1 atom stereocenters. The molecule has 0 spiro atoms. The Morgan fingerprint density at radius 1 is 0.972 bits per heavy atom. The summed E-state index contributed by atoms with van der Waals surface area (Å²) in [6, 6.07) is 26.8. The maximum absolute atomic E-state index is 10.3. The molecule has 0 aromatic heterocycles. The summed E-state index contributed by atoms with van der Waals surface area (Å²) >= 11 is 0. The van der Waals surface area contributed by atoms with Crippen molar-refractivity contribution in [2.45, 2.75) is 51.9 Å². The molecule has 1 heterocycles. The largest absolute Gasteiger partial charge is 0.492 e. The van der Waals surface area contributed by atoms with Crippen molar-refractivity contribution >= 4 is 17.8 Å². The Balaban J connectivity index is 0.00000361. The van der Waals surface area contributed by atoms with Gasteiger partial charge >= 0.3 is 0 Å². The number of likely N-dealkylation sites (N-methyl/N-ethyl adjacent to an activating group) is 1. The SMILES string of the molecule is CCN1\C(=C/C=N/N=C(\O)c2ccccc2)C(C)(Cc2ccccc2)c2cc(C(C)(C)C)ccc21.[Co]. The van der Waals surface area contributed by atoms with Crippen LogP contribution >= 0.6 is 0 Å². The van der Waals surface area contributed by atoms with E-state index in [-0.39, 0.29) is 33.5 Å². The van der Waals surface area contributed by atoms with Gasteiger partial charge in [-0.25, -0.2) is 0 Å². The first-order chi connectivity index (χ1) is 16.7. The number of rotatable bonds is 6. The molecule has 1 N–H and O–H groups in total. The zero-order valence-electron chi connectivity index (χ0n) is 21.7. The first-order valence-electron chi connectivity index (χ1n) is 12.3. The third kappa shape index (κ3) is 5.63. The molecule has 1 aliphatic heterocycles. The average molecular weight is 525 g/mol. The second-order valence-corrected chi connectivity index (χ2v) is 10.3. The van der Waals surface area contributed by atoms with E-state index < -0.39 is 0 Å². The Hall–Kier alpha value is -3.15. The second kappa shape index (κ2) is 11.3. The van der Waals surface area contributed by atoms with Gasteiger partial charge in [-0.15, -0.1) is 5.10 Å². The topological polar surface area (TPSA) is 48.2 Å². The molecule has 0 amide bonds. The molecule has 4 nitrogen and oxygen atoms in total. The molecule has 3 aromatic rings. The molecule has 4 rings (SSSR count). The molecule has 0 bridgehead atoms. The van der Waals surface area contributed by atoms with E-state index >= 15 is 0 Å². The zero-order chi connectivity index (χ0) is 25.1. The van der Waals surface area contributed by atoms with Crippen LogP contribution in [0.25, 0.3) is 0 Å². The van der Waals surface area contributed by atoms with Crippen LogP contribution in [0.2, 0.25) is 0 Å². The van der Waals surface area contributed by atoms with Gasteiger partial charge in [-0.2, -0.15) is 5.10 Å². The van der Waals surface area contributed by atoms with Crippen LogP contribution in [0.5, 0.6) is 0 Å². The number of aliphatic hydroxyl groups excluding tert-OH is 1.